The predicted molar refractivity (Wildman–Crippen MR) is 97.6 cm³/mol. The van der Waals surface area contributed by atoms with E-state index in [0.29, 0.717) is 5.69 Å². The number of amides is 1. The van der Waals surface area contributed by atoms with E-state index in [1.165, 1.54) is 6.92 Å². The predicted octanol–water partition coefficient (Wildman–Crippen LogP) is 2.37. The van der Waals surface area contributed by atoms with Gasteiger partial charge in [-0.15, -0.1) is 0 Å². The van der Waals surface area contributed by atoms with Crippen molar-refractivity contribution < 1.29 is 24.0 Å². The van der Waals surface area contributed by atoms with Gasteiger partial charge in [-0.25, -0.2) is 0 Å². The van der Waals surface area contributed by atoms with Crippen molar-refractivity contribution in [3.63, 3.8) is 0 Å². The average molecular weight is 376 g/mol. The fourth-order valence-electron chi connectivity index (χ4n) is 3.36. The standard InChI is InChI=1S/C19H24N2O6/c1-11-4-6-14(7-5-11)20-19(24)13(3)27-18(23)9-15-16(10-21(25)26)12(2)8-17(15)22/h4-7,12-13,15-16H,8-10H2,1-3H3,(H,20,24)/t12-,13-,15+,16-/m1/s1. The second-order valence-electron chi connectivity index (χ2n) is 7.12. The van der Waals surface area contributed by atoms with Crippen LogP contribution >= 0.6 is 0 Å². The van der Waals surface area contributed by atoms with Crippen LogP contribution in [-0.4, -0.2) is 35.2 Å². The molecule has 1 aromatic carbocycles. The van der Waals surface area contributed by atoms with Crippen LogP contribution in [0.5, 0.6) is 0 Å². The van der Waals surface area contributed by atoms with Crippen LogP contribution in [0.1, 0.15) is 32.3 Å². The lowest BCUT2D eigenvalue weighted by Gasteiger charge is -2.18. The van der Waals surface area contributed by atoms with Crippen molar-refractivity contribution in [1.82, 2.24) is 0 Å². The summed E-state index contributed by atoms with van der Waals surface area (Å²) in [5, 5.41) is 13.5. The third-order valence-electron chi connectivity index (χ3n) is 4.93. The Morgan fingerprint density at radius 2 is 1.96 bits per heavy atom. The lowest BCUT2D eigenvalue weighted by atomic mass is 9.88. The fraction of sp³-hybridized carbons (Fsp3) is 0.526. The minimum atomic E-state index is -1.04. The summed E-state index contributed by atoms with van der Waals surface area (Å²) >= 11 is 0. The van der Waals surface area contributed by atoms with E-state index in [9.17, 15) is 24.5 Å². The summed E-state index contributed by atoms with van der Waals surface area (Å²) in [7, 11) is 0. The molecule has 0 unspecified atom stereocenters. The second-order valence-corrected chi connectivity index (χ2v) is 7.12. The highest BCUT2D eigenvalue weighted by Crippen LogP contribution is 2.36. The summed E-state index contributed by atoms with van der Waals surface area (Å²) in [6.07, 6.45) is -1.06. The molecule has 1 saturated carbocycles. The first-order valence-electron chi connectivity index (χ1n) is 8.89. The van der Waals surface area contributed by atoms with Crippen molar-refractivity contribution >= 4 is 23.3 Å². The molecule has 1 amide bonds. The van der Waals surface area contributed by atoms with Crippen LogP contribution in [0.15, 0.2) is 24.3 Å². The number of hydrogen-bond acceptors (Lipinski definition) is 6. The van der Waals surface area contributed by atoms with Gasteiger partial charge < -0.3 is 10.1 Å². The highest BCUT2D eigenvalue weighted by molar-refractivity contribution is 5.95. The Hall–Kier alpha value is -2.77. The molecule has 1 fully saturated rings. The number of benzene rings is 1. The maximum atomic E-state index is 12.2. The van der Waals surface area contributed by atoms with Crippen molar-refractivity contribution in [2.75, 3.05) is 11.9 Å². The Kier molecular flexibility index (Phi) is 6.65. The Labute approximate surface area is 157 Å². The highest BCUT2D eigenvalue weighted by atomic mass is 16.6. The fourth-order valence-corrected chi connectivity index (χ4v) is 3.36. The van der Waals surface area contributed by atoms with Gasteiger partial charge in [0.25, 0.3) is 5.91 Å². The smallest absolute Gasteiger partial charge is 0.307 e. The highest BCUT2D eigenvalue weighted by Gasteiger charge is 2.44. The van der Waals surface area contributed by atoms with Crippen molar-refractivity contribution in [2.24, 2.45) is 17.8 Å². The molecular weight excluding hydrogens is 352 g/mol. The van der Waals surface area contributed by atoms with Crippen LogP contribution in [0.2, 0.25) is 0 Å². The van der Waals surface area contributed by atoms with Crippen LogP contribution in [0.25, 0.3) is 0 Å². The number of nitro groups is 1. The molecule has 0 aromatic heterocycles. The van der Waals surface area contributed by atoms with Crippen LogP contribution in [0.4, 0.5) is 5.69 Å². The molecule has 146 valence electrons. The van der Waals surface area contributed by atoms with Crippen molar-refractivity contribution in [3.05, 3.63) is 39.9 Å². The van der Waals surface area contributed by atoms with Crippen molar-refractivity contribution in [3.8, 4) is 0 Å². The van der Waals surface area contributed by atoms with Gasteiger partial charge in [0.1, 0.15) is 5.78 Å². The third-order valence-corrected chi connectivity index (χ3v) is 4.93. The van der Waals surface area contributed by atoms with Gasteiger partial charge in [-0.1, -0.05) is 24.6 Å². The van der Waals surface area contributed by atoms with Gasteiger partial charge in [-0.3, -0.25) is 24.5 Å². The third kappa shape index (κ3) is 5.60. The molecule has 0 aliphatic heterocycles. The number of nitrogens with one attached hydrogen (secondary N) is 1. The van der Waals surface area contributed by atoms with E-state index in [1.54, 1.807) is 19.1 Å². The Morgan fingerprint density at radius 3 is 2.56 bits per heavy atom. The topological polar surface area (TPSA) is 116 Å². The number of carbonyl (C=O) groups is 3. The molecule has 4 atom stereocenters. The summed E-state index contributed by atoms with van der Waals surface area (Å²) in [6, 6.07) is 7.16. The number of aryl methyl sites for hydroxylation is 1. The van der Waals surface area contributed by atoms with E-state index in [2.05, 4.69) is 5.32 Å². The first kappa shape index (κ1) is 20.5. The Morgan fingerprint density at radius 1 is 1.33 bits per heavy atom. The summed E-state index contributed by atoms with van der Waals surface area (Å²) < 4.78 is 5.13. The summed E-state index contributed by atoms with van der Waals surface area (Å²) in [5.41, 5.74) is 1.63. The molecule has 1 aliphatic carbocycles. The number of rotatable bonds is 7. The number of ether oxygens (including phenoxy) is 1. The molecule has 1 aliphatic rings. The van der Waals surface area contributed by atoms with E-state index < -0.39 is 34.7 Å². The van der Waals surface area contributed by atoms with Crippen LogP contribution in [-0.2, 0) is 19.1 Å². The summed E-state index contributed by atoms with van der Waals surface area (Å²) in [6.45, 7) is 4.78. The zero-order valence-corrected chi connectivity index (χ0v) is 15.6. The molecule has 0 spiro atoms. The summed E-state index contributed by atoms with van der Waals surface area (Å²) in [5.74, 6) is -2.73. The number of anilines is 1. The van der Waals surface area contributed by atoms with E-state index in [4.69, 9.17) is 4.74 Å². The number of carbonyl (C=O) groups excluding carboxylic acids is 3. The summed E-state index contributed by atoms with van der Waals surface area (Å²) in [4.78, 5) is 46.8. The van der Waals surface area contributed by atoms with E-state index >= 15 is 0 Å². The van der Waals surface area contributed by atoms with Gasteiger partial charge in [0.15, 0.2) is 6.10 Å². The molecule has 2 rings (SSSR count). The van der Waals surface area contributed by atoms with Crippen LogP contribution in [0.3, 0.4) is 0 Å². The van der Waals surface area contributed by atoms with Crippen LogP contribution in [0, 0.1) is 34.8 Å². The molecule has 0 saturated heterocycles. The van der Waals surface area contributed by atoms with Gasteiger partial charge in [-0.2, -0.15) is 0 Å². The lowest BCUT2D eigenvalue weighted by Crippen LogP contribution is -2.32. The number of hydrogen-bond donors (Lipinski definition) is 1. The number of nitrogens with zero attached hydrogens (tertiary/aromatic N) is 1. The SMILES string of the molecule is Cc1ccc(NC(=O)[C@@H](C)OC(=O)C[C@@H]2C(=O)C[C@@H](C)[C@H]2C[N+](=O)[O-])cc1. The molecule has 0 radical (unpaired) electrons. The molecule has 0 bridgehead atoms. The minimum Gasteiger partial charge on any atom is -0.453 e. The van der Waals surface area contributed by atoms with Gasteiger partial charge in [0.05, 0.1) is 6.42 Å². The monoisotopic (exact) mass is 376 g/mol. The average Bonchev–Trinajstić information content (AvgIpc) is 2.83. The molecule has 0 heterocycles. The first-order valence-corrected chi connectivity index (χ1v) is 8.89. The molecule has 8 nitrogen and oxygen atoms in total. The van der Waals surface area contributed by atoms with Gasteiger partial charge >= 0.3 is 5.97 Å². The lowest BCUT2D eigenvalue weighted by molar-refractivity contribution is -0.490. The zero-order valence-electron chi connectivity index (χ0n) is 15.6. The van der Waals surface area contributed by atoms with Gasteiger partial charge in [-0.05, 0) is 31.9 Å². The maximum absolute atomic E-state index is 12.2. The molecular formula is C19H24N2O6. The number of Topliss-reactive ketones (excluding diaryl/α,β-unsaturated/α-hetero) is 1. The largest absolute Gasteiger partial charge is 0.453 e. The minimum absolute atomic E-state index is 0.150. The van der Waals surface area contributed by atoms with Gasteiger partial charge in [0, 0.05) is 28.9 Å². The van der Waals surface area contributed by atoms with E-state index in [0.717, 1.165) is 5.56 Å². The second kappa shape index (κ2) is 8.75. The zero-order chi connectivity index (χ0) is 20.1. The van der Waals surface area contributed by atoms with Crippen molar-refractivity contribution in [1.29, 1.82) is 0 Å². The molecule has 8 heteroatoms. The normalized spacial score (nSPS) is 22.9. The van der Waals surface area contributed by atoms with Crippen LogP contribution < -0.4 is 5.32 Å². The molecule has 1 N–H and O–H groups in total. The first-order chi connectivity index (χ1) is 12.7. The number of esters is 1. The van der Waals surface area contributed by atoms with Crippen molar-refractivity contribution in [2.45, 2.75) is 39.7 Å². The maximum Gasteiger partial charge on any atom is 0.307 e. The Balaban J connectivity index is 1.91. The number of ketones is 1. The quantitative estimate of drug-likeness (QED) is 0.444. The van der Waals surface area contributed by atoms with E-state index in [1.807, 2.05) is 19.1 Å². The van der Waals surface area contributed by atoms with Gasteiger partial charge in [0.2, 0.25) is 6.54 Å². The van der Waals surface area contributed by atoms with E-state index in [-0.39, 0.29) is 31.1 Å². The molecule has 1 aromatic rings. The molecule has 27 heavy (non-hydrogen) atoms. The Bertz CT molecular complexity index is 730.